The zero-order valence-electron chi connectivity index (χ0n) is 10.8. The third kappa shape index (κ3) is 3.00. The Bertz CT molecular complexity index is 467. The van der Waals surface area contributed by atoms with Gasteiger partial charge in [-0.05, 0) is 47.3 Å². The van der Waals surface area contributed by atoms with Gasteiger partial charge in [0.25, 0.3) is 5.91 Å². The third-order valence-corrected chi connectivity index (χ3v) is 4.52. The summed E-state index contributed by atoms with van der Waals surface area (Å²) in [7, 11) is 0. The van der Waals surface area contributed by atoms with Crippen LogP contribution in [0.5, 0.6) is 0 Å². The van der Waals surface area contributed by atoms with Gasteiger partial charge in [0, 0.05) is 29.6 Å². The van der Waals surface area contributed by atoms with Gasteiger partial charge in [0.05, 0.1) is 12.2 Å². The van der Waals surface area contributed by atoms with Crippen molar-refractivity contribution in [3.8, 4) is 0 Å². The summed E-state index contributed by atoms with van der Waals surface area (Å²) in [6.45, 7) is 2.48. The van der Waals surface area contributed by atoms with Gasteiger partial charge >= 0.3 is 0 Å². The summed E-state index contributed by atoms with van der Waals surface area (Å²) in [6.07, 6.45) is 3.36. The van der Waals surface area contributed by atoms with Gasteiger partial charge in [-0.3, -0.25) is 4.79 Å². The second-order valence-corrected chi connectivity index (χ2v) is 6.25. The Morgan fingerprint density at radius 1 is 1.32 bits per heavy atom. The zero-order valence-corrected chi connectivity index (χ0v) is 12.4. The number of carbonyl (C=O) groups excluding carboxylic acids is 1. The fraction of sp³-hybridized carbons (Fsp3) is 0.533. The summed E-state index contributed by atoms with van der Waals surface area (Å²) in [6, 6.07) is 8.12. The summed E-state index contributed by atoms with van der Waals surface area (Å²) in [5.41, 5.74) is 0.772. The Morgan fingerprint density at radius 2 is 2.11 bits per heavy atom. The van der Waals surface area contributed by atoms with Crippen LogP contribution in [0.2, 0.25) is 0 Å². The Kier molecular flexibility index (Phi) is 3.89. The molecule has 1 aromatic carbocycles. The number of carbonyl (C=O) groups is 1. The van der Waals surface area contributed by atoms with E-state index in [0.717, 1.165) is 49.1 Å². The highest BCUT2D eigenvalue weighted by molar-refractivity contribution is 9.10. The topological polar surface area (TPSA) is 29.5 Å². The second kappa shape index (κ2) is 5.63. The minimum absolute atomic E-state index is 0.155. The van der Waals surface area contributed by atoms with E-state index in [2.05, 4.69) is 20.8 Å². The molecule has 1 amide bonds. The average Bonchev–Trinajstić information content (AvgIpc) is 3.13. The molecule has 19 heavy (non-hydrogen) atoms. The SMILES string of the molecule is O=C(c1ccccc1Br)N(CC1CCOC1)C1CC1. The van der Waals surface area contributed by atoms with Crippen molar-refractivity contribution in [3.05, 3.63) is 34.3 Å². The van der Waals surface area contributed by atoms with Crippen LogP contribution in [0.25, 0.3) is 0 Å². The van der Waals surface area contributed by atoms with E-state index >= 15 is 0 Å². The Hall–Kier alpha value is -0.870. The highest BCUT2D eigenvalue weighted by Gasteiger charge is 2.35. The molecule has 0 spiro atoms. The summed E-state index contributed by atoms with van der Waals surface area (Å²) in [5.74, 6) is 0.661. The molecule has 2 fully saturated rings. The third-order valence-electron chi connectivity index (χ3n) is 3.83. The average molecular weight is 324 g/mol. The van der Waals surface area contributed by atoms with Crippen LogP contribution in [0.3, 0.4) is 0 Å². The van der Waals surface area contributed by atoms with Crippen LogP contribution >= 0.6 is 15.9 Å². The summed E-state index contributed by atoms with van der Waals surface area (Å²) >= 11 is 3.48. The predicted molar refractivity (Wildman–Crippen MR) is 77.1 cm³/mol. The second-order valence-electron chi connectivity index (χ2n) is 5.40. The van der Waals surface area contributed by atoms with E-state index in [4.69, 9.17) is 4.74 Å². The first-order valence-corrected chi connectivity index (χ1v) is 7.68. The molecule has 1 saturated carbocycles. The van der Waals surface area contributed by atoms with Gasteiger partial charge in [-0.15, -0.1) is 0 Å². The van der Waals surface area contributed by atoms with Gasteiger partial charge < -0.3 is 9.64 Å². The van der Waals surface area contributed by atoms with Gasteiger partial charge in [-0.25, -0.2) is 0 Å². The number of nitrogens with zero attached hydrogens (tertiary/aromatic N) is 1. The molecule has 3 rings (SSSR count). The molecule has 0 radical (unpaired) electrons. The lowest BCUT2D eigenvalue weighted by atomic mass is 10.1. The van der Waals surface area contributed by atoms with Crippen LogP contribution in [0.4, 0.5) is 0 Å². The lowest BCUT2D eigenvalue weighted by Crippen LogP contribution is -2.37. The maximum atomic E-state index is 12.7. The molecule has 1 heterocycles. The number of hydrogen-bond donors (Lipinski definition) is 0. The molecule has 102 valence electrons. The van der Waals surface area contributed by atoms with E-state index in [0.29, 0.717) is 12.0 Å². The van der Waals surface area contributed by atoms with Crippen molar-refractivity contribution >= 4 is 21.8 Å². The summed E-state index contributed by atoms with van der Waals surface area (Å²) in [5, 5.41) is 0. The Labute approximate surface area is 122 Å². The minimum atomic E-state index is 0.155. The molecule has 1 aliphatic carbocycles. The molecule has 0 bridgehead atoms. The normalized spacial score (nSPS) is 22.5. The van der Waals surface area contributed by atoms with Crippen molar-refractivity contribution in [1.82, 2.24) is 4.90 Å². The van der Waals surface area contributed by atoms with Crippen LogP contribution in [0, 0.1) is 5.92 Å². The van der Waals surface area contributed by atoms with Crippen LogP contribution in [-0.2, 0) is 4.74 Å². The molecule has 1 aliphatic heterocycles. The highest BCUT2D eigenvalue weighted by Crippen LogP contribution is 2.31. The van der Waals surface area contributed by atoms with Crippen molar-refractivity contribution in [1.29, 1.82) is 0 Å². The maximum absolute atomic E-state index is 12.7. The van der Waals surface area contributed by atoms with Crippen LogP contribution in [0.1, 0.15) is 29.6 Å². The number of halogens is 1. The van der Waals surface area contributed by atoms with Gasteiger partial charge in [0.2, 0.25) is 0 Å². The van der Waals surface area contributed by atoms with E-state index in [1.165, 1.54) is 0 Å². The van der Waals surface area contributed by atoms with Gasteiger partial charge in [-0.1, -0.05) is 12.1 Å². The fourth-order valence-electron chi connectivity index (χ4n) is 2.58. The van der Waals surface area contributed by atoms with Crippen molar-refractivity contribution in [3.63, 3.8) is 0 Å². The van der Waals surface area contributed by atoms with Crippen molar-refractivity contribution in [2.75, 3.05) is 19.8 Å². The maximum Gasteiger partial charge on any atom is 0.255 e. The lowest BCUT2D eigenvalue weighted by molar-refractivity contribution is 0.0705. The molecule has 3 nitrogen and oxygen atoms in total. The summed E-state index contributed by atoms with van der Waals surface area (Å²) < 4.78 is 6.30. The van der Waals surface area contributed by atoms with Crippen molar-refractivity contribution in [2.45, 2.75) is 25.3 Å². The number of ether oxygens (including phenoxy) is 1. The smallest absolute Gasteiger partial charge is 0.255 e. The number of amides is 1. The highest BCUT2D eigenvalue weighted by atomic mass is 79.9. The number of benzene rings is 1. The molecule has 1 unspecified atom stereocenters. The standard InChI is InChI=1S/C15H18BrNO2/c16-14-4-2-1-3-13(14)15(18)17(12-5-6-12)9-11-7-8-19-10-11/h1-4,11-12H,5-10H2. The molecule has 0 N–H and O–H groups in total. The Morgan fingerprint density at radius 3 is 2.74 bits per heavy atom. The zero-order chi connectivity index (χ0) is 13.2. The van der Waals surface area contributed by atoms with Crippen molar-refractivity contribution < 1.29 is 9.53 Å². The first-order chi connectivity index (χ1) is 9.25. The molecule has 1 saturated heterocycles. The van der Waals surface area contributed by atoms with E-state index in [1.807, 2.05) is 24.3 Å². The summed E-state index contributed by atoms with van der Waals surface area (Å²) in [4.78, 5) is 14.7. The first kappa shape index (κ1) is 13.1. The van der Waals surface area contributed by atoms with E-state index < -0.39 is 0 Å². The molecule has 2 aliphatic rings. The van der Waals surface area contributed by atoms with E-state index in [-0.39, 0.29) is 5.91 Å². The van der Waals surface area contributed by atoms with Crippen molar-refractivity contribution in [2.24, 2.45) is 5.92 Å². The molecule has 1 atom stereocenters. The first-order valence-electron chi connectivity index (χ1n) is 6.89. The molecule has 0 aromatic heterocycles. The molecular weight excluding hydrogens is 306 g/mol. The van der Waals surface area contributed by atoms with Crippen LogP contribution in [0.15, 0.2) is 28.7 Å². The Balaban J connectivity index is 1.76. The molecule has 4 heteroatoms. The predicted octanol–water partition coefficient (Wildman–Crippen LogP) is 3.09. The van der Waals surface area contributed by atoms with Crippen LogP contribution in [-0.4, -0.2) is 36.6 Å². The minimum Gasteiger partial charge on any atom is -0.381 e. The van der Waals surface area contributed by atoms with Gasteiger partial charge in [-0.2, -0.15) is 0 Å². The van der Waals surface area contributed by atoms with E-state index in [9.17, 15) is 4.79 Å². The lowest BCUT2D eigenvalue weighted by Gasteiger charge is -2.25. The molecule has 1 aromatic rings. The van der Waals surface area contributed by atoms with Gasteiger partial charge in [0.1, 0.15) is 0 Å². The fourth-order valence-corrected chi connectivity index (χ4v) is 3.03. The van der Waals surface area contributed by atoms with Crippen LogP contribution < -0.4 is 0 Å². The quantitative estimate of drug-likeness (QED) is 0.852. The number of hydrogen-bond acceptors (Lipinski definition) is 2. The largest absolute Gasteiger partial charge is 0.381 e. The number of rotatable bonds is 4. The van der Waals surface area contributed by atoms with E-state index in [1.54, 1.807) is 0 Å². The monoisotopic (exact) mass is 323 g/mol. The van der Waals surface area contributed by atoms with Gasteiger partial charge in [0.15, 0.2) is 0 Å². The molecular formula is C15H18BrNO2.